The number of hydrogen-bond donors (Lipinski definition) is 2. The molecule has 0 aliphatic carbocycles. The zero-order valence-electron chi connectivity index (χ0n) is 12.3. The molecule has 0 bridgehead atoms. The molecule has 0 spiro atoms. The number of aliphatic hydroxyl groups excluding tert-OH is 1. The third kappa shape index (κ3) is 5.91. The summed E-state index contributed by atoms with van der Waals surface area (Å²) in [5.74, 6) is 1.37. The summed E-state index contributed by atoms with van der Waals surface area (Å²) >= 11 is 0. The highest BCUT2D eigenvalue weighted by molar-refractivity contribution is 5.76. The van der Waals surface area contributed by atoms with Crippen LogP contribution in [0.1, 0.15) is 51.9 Å². The number of aliphatic hydroxyl groups is 1. The molecule has 1 fully saturated rings. The highest BCUT2D eigenvalue weighted by Gasteiger charge is 2.23. The van der Waals surface area contributed by atoms with Crippen molar-refractivity contribution in [3.05, 3.63) is 0 Å². The van der Waals surface area contributed by atoms with Crippen LogP contribution in [0.5, 0.6) is 0 Å². The molecule has 112 valence electrons. The molecule has 2 unspecified atom stereocenters. The Kier molecular flexibility index (Phi) is 8.07. The SMILES string of the molecule is CCC(CCN)CCC(=O)N1CCCC(CCO)C1. The highest BCUT2D eigenvalue weighted by atomic mass is 16.3. The largest absolute Gasteiger partial charge is 0.396 e. The Hall–Kier alpha value is -0.610. The summed E-state index contributed by atoms with van der Waals surface area (Å²) in [6, 6.07) is 0. The van der Waals surface area contributed by atoms with Gasteiger partial charge in [-0.05, 0) is 50.5 Å². The van der Waals surface area contributed by atoms with Crippen molar-refractivity contribution in [1.82, 2.24) is 4.90 Å². The maximum absolute atomic E-state index is 12.2. The first-order valence-corrected chi connectivity index (χ1v) is 7.79. The van der Waals surface area contributed by atoms with E-state index in [2.05, 4.69) is 6.92 Å². The third-order valence-corrected chi connectivity index (χ3v) is 4.33. The van der Waals surface area contributed by atoms with Crippen molar-refractivity contribution >= 4 is 5.91 Å². The Morgan fingerprint density at radius 1 is 1.47 bits per heavy atom. The molecular formula is C15H30N2O2. The van der Waals surface area contributed by atoms with Crippen LogP contribution in [0.2, 0.25) is 0 Å². The van der Waals surface area contributed by atoms with Crippen LogP contribution in [0.15, 0.2) is 0 Å². The number of amides is 1. The Morgan fingerprint density at radius 3 is 2.89 bits per heavy atom. The van der Waals surface area contributed by atoms with Gasteiger partial charge in [0.2, 0.25) is 5.91 Å². The second kappa shape index (κ2) is 9.32. The molecule has 19 heavy (non-hydrogen) atoms. The van der Waals surface area contributed by atoms with Gasteiger partial charge in [-0.2, -0.15) is 0 Å². The minimum Gasteiger partial charge on any atom is -0.396 e. The molecule has 0 radical (unpaired) electrons. The molecule has 1 saturated heterocycles. The van der Waals surface area contributed by atoms with Gasteiger partial charge in [0.05, 0.1) is 0 Å². The summed E-state index contributed by atoms with van der Waals surface area (Å²) in [4.78, 5) is 14.2. The van der Waals surface area contributed by atoms with Gasteiger partial charge in [0.15, 0.2) is 0 Å². The molecule has 0 aromatic heterocycles. The molecule has 0 aromatic rings. The number of rotatable bonds is 8. The van der Waals surface area contributed by atoms with Crippen molar-refractivity contribution in [3.63, 3.8) is 0 Å². The van der Waals surface area contributed by atoms with Crippen molar-refractivity contribution < 1.29 is 9.90 Å². The fourth-order valence-corrected chi connectivity index (χ4v) is 2.98. The van der Waals surface area contributed by atoms with Gasteiger partial charge in [-0.1, -0.05) is 13.3 Å². The van der Waals surface area contributed by atoms with Crippen LogP contribution in [0.4, 0.5) is 0 Å². The van der Waals surface area contributed by atoms with E-state index in [1.54, 1.807) is 0 Å². The lowest BCUT2D eigenvalue weighted by molar-refractivity contribution is -0.133. The summed E-state index contributed by atoms with van der Waals surface area (Å²) < 4.78 is 0. The summed E-state index contributed by atoms with van der Waals surface area (Å²) in [6.45, 7) is 4.86. The van der Waals surface area contributed by atoms with E-state index in [0.29, 0.717) is 18.3 Å². The molecule has 1 amide bonds. The third-order valence-electron chi connectivity index (χ3n) is 4.33. The van der Waals surface area contributed by atoms with Crippen molar-refractivity contribution in [2.24, 2.45) is 17.6 Å². The monoisotopic (exact) mass is 270 g/mol. The van der Waals surface area contributed by atoms with E-state index < -0.39 is 0 Å². The van der Waals surface area contributed by atoms with Crippen molar-refractivity contribution in [2.75, 3.05) is 26.2 Å². The number of likely N-dealkylation sites (tertiary alicyclic amines) is 1. The van der Waals surface area contributed by atoms with Gasteiger partial charge >= 0.3 is 0 Å². The molecular weight excluding hydrogens is 240 g/mol. The Labute approximate surface area is 117 Å². The van der Waals surface area contributed by atoms with Crippen LogP contribution in [-0.2, 0) is 4.79 Å². The summed E-state index contributed by atoms with van der Waals surface area (Å²) in [5, 5.41) is 9.00. The number of nitrogens with two attached hydrogens (primary N) is 1. The lowest BCUT2D eigenvalue weighted by atomic mass is 9.93. The molecule has 4 nitrogen and oxygen atoms in total. The van der Waals surface area contributed by atoms with Crippen LogP contribution >= 0.6 is 0 Å². The predicted octanol–water partition coefficient (Wildman–Crippen LogP) is 1.76. The molecule has 1 aliphatic rings. The van der Waals surface area contributed by atoms with E-state index in [1.807, 2.05) is 4.90 Å². The highest BCUT2D eigenvalue weighted by Crippen LogP contribution is 2.21. The molecule has 0 aromatic carbocycles. The quantitative estimate of drug-likeness (QED) is 0.706. The van der Waals surface area contributed by atoms with Crippen LogP contribution in [-0.4, -0.2) is 42.2 Å². The van der Waals surface area contributed by atoms with Gasteiger partial charge in [-0.3, -0.25) is 4.79 Å². The first kappa shape index (κ1) is 16.4. The number of carbonyl (C=O) groups excluding carboxylic acids is 1. The second-order valence-electron chi connectivity index (χ2n) is 5.75. The summed E-state index contributed by atoms with van der Waals surface area (Å²) in [7, 11) is 0. The number of piperidine rings is 1. The van der Waals surface area contributed by atoms with Crippen molar-refractivity contribution in [1.29, 1.82) is 0 Å². The molecule has 0 saturated carbocycles. The standard InChI is InChI=1S/C15H30N2O2/c1-2-13(7-9-16)5-6-15(19)17-10-3-4-14(12-17)8-11-18/h13-14,18H,2-12,16H2,1H3. The minimum atomic E-state index is 0.237. The molecule has 1 aliphatic heterocycles. The normalized spacial score (nSPS) is 21.4. The first-order valence-electron chi connectivity index (χ1n) is 7.79. The van der Waals surface area contributed by atoms with Gasteiger partial charge in [-0.15, -0.1) is 0 Å². The van der Waals surface area contributed by atoms with Gasteiger partial charge in [0.25, 0.3) is 0 Å². The van der Waals surface area contributed by atoms with Gasteiger partial charge in [0, 0.05) is 26.1 Å². The van der Waals surface area contributed by atoms with Crippen LogP contribution in [0, 0.1) is 11.8 Å². The van der Waals surface area contributed by atoms with Gasteiger partial charge < -0.3 is 15.7 Å². The second-order valence-corrected chi connectivity index (χ2v) is 5.75. The van der Waals surface area contributed by atoms with Gasteiger partial charge in [0.1, 0.15) is 0 Å². The van der Waals surface area contributed by atoms with Crippen molar-refractivity contribution in [3.8, 4) is 0 Å². The van der Waals surface area contributed by atoms with E-state index in [0.717, 1.165) is 58.2 Å². The van der Waals surface area contributed by atoms with Crippen LogP contribution in [0.25, 0.3) is 0 Å². The number of hydrogen-bond acceptors (Lipinski definition) is 3. The molecule has 1 heterocycles. The Bertz CT molecular complexity index is 257. The fourth-order valence-electron chi connectivity index (χ4n) is 2.98. The van der Waals surface area contributed by atoms with E-state index in [4.69, 9.17) is 10.8 Å². The zero-order valence-corrected chi connectivity index (χ0v) is 12.3. The average Bonchev–Trinajstić information content (AvgIpc) is 2.43. The number of carbonyl (C=O) groups is 1. The van der Waals surface area contributed by atoms with E-state index >= 15 is 0 Å². The smallest absolute Gasteiger partial charge is 0.222 e. The van der Waals surface area contributed by atoms with Crippen molar-refractivity contribution in [2.45, 2.75) is 51.9 Å². The minimum absolute atomic E-state index is 0.237. The predicted molar refractivity (Wildman–Crippen MR) is 77.7 cm³/mol. The maximum atomic E-state index is 12.2. The summed E-state index contributed by atoms with van der Waals surface area (Å²) in [5.41, 5.74) is 5.59. The zero-order chi connectivity index (χ0) is 14.1. The first-order chi connectivity index (χ1) is 9.21. The van der Waals surface area contributed by atoms with Gasteiger partial charge in [-0.25, -0.2) is 0 Å². The lowest BCUT2D eigenvalue weighted by Gasteiger charge is -2.33. The summed E-state index contributed by atoms with van der Waals surface area (Å²) in [6.07, 6.45) is 6.81. The Balaban J connectivity index is 2.31. The Morgan fingerprint density at radius 2 is 2.26 bits per heavy atom. The van der Waals surface area contributed by atoms with E-state index in [9.17, 15) is 4.79 Å². The lowest BCUT2D eigenvalue weighted by Crippen LogP contribution is -2.40. The van der Waals surface area contributed by atoms with E-state index in [1.165, 1.54) is 0 Å². The molecule has 2 atom stereocenters. The number of nitrogens with zero attached hydrogens (tertiary/aromatic N) is 1. The average molecular weight is 270 g/mol. The van der Waals surface area contributed by atoms with E-state index in [-0.39, 0.29) is 12.5 Å². The van der Waals surface area contributed by atoms with Crippen LogP contribution < -0.4 is 5.73 Å². The topological polar surface area (TPSA) is 66.6 Å². The maximum Gasteiger partial charge on any atom is 0.222 e. The fraction of sp³-hybridized carbons (Fsp3) is 0.933. The molecule has 4 heteroatoms. The van der Waals surface area contributed by atoms with Crippen LogP contribution in [0.3, 0.4) is 0 Å². The molecule has 1 rings (SSSR count). The molecule has 3 N–H and O–H groups in total.